The molecule has 12 nitrogen and oxygen atoms in total. The van der Waals surface area contributed by atoms with Crippen molar-refractivity contribution in [1.82, 2.24) is 0 Å². The van der Waals surface area contributed by atoms with Gasteiger partial charge >= 0.3 is 0 Å². The van der Waals surface area contributed by atoms with Crippen LogP contribution < -0.4 is 19.6 Å². The average molecular weight is 645 g/mol. The molecule has 6 rings (SSSR count). The highest BCUT2D eigenvalue weighted by Gasteiger charge is 2.45. The van der Waals surface area contributed by atoms with E-state index in [0.717, 1.165) is 11.1 Å². The van der Waals surface area contributed by atoms with Crippen LogP contribution in [0.25, 0.3) is 22.3 Å². The van der Waals surface area contributed by atoms with E-state index in [-0.39, 0.29) is 52.8 Å². The smallest absolute Gasteiger partial charge is 0.239 e. The quantitative estimate of drug-likeness (QED) is 0.131. The van der Waals surface area contributed by atoms with E-state index in [2.05, 4.69) is 0 Å². The Morgan fingerprint density at radius 1 is 0.723 bits per heavy atom. The van der Waals surface area contributed by atoms with Gasteiger partial charge in [0.05, 0.1) is 6.61 Å². The van der Waals surface area contributed by atoms with Crippen LogP contribution in [0.3, 0.4) is 0 Å². The number of benzene rings is 4. The Morgan fingerprint density at radius 2 is 1.38 bits per heavy atom. The zero-order chi connectivity index (χ0) is 33.1. The second kappa shape index (κ2) is 13.7. The highest BCUT2D eigenvalue weighted by Crippen LogP contribution is 2.40. The van der Waals surface area contributed by atoms with E-state index in [1.165, 1.54) is 30.3 Å². The van der Waals surface area contributed by atoms with Crippen molar-refractivity contribution < 1.29 is 54.0 Å². The van der Waals surface area contributed by atoms with Crippen LogP contribution in [-0.4, -0.2) is 68.0 Å². The lowest BCUT2D eigenvalue weighted by molar-refractivity contribution is -0.277. The van der Waals surface area contributed by atoms with Gasteiger partial charge in [-0.05, 0) is 29.3 Å². The molecule has 0 radical (unpaired) electrons. The van der Waals surface area contributed by atoms with E-state index >= 15 is 0 Å². The maximum Gasteiger partial charge on any atom is 0.239 e. The molecule has 0 unspecified atom stereocenters. The maximum atomic E-state index is 14.0. The van der Waals surface area contributed by atoms with E-state index in [9.17, 15) is 35.4 Å². The summed E-state index contributed by atoms with van der Waals surface area (Å²) in [6, 6.07) is 25.5. The van der Waals surface area contributed by atoms with Crippen molar-refractivity contribution in [2.45, 2.75) is 43.9 Å². The van der Waals surface area contributed by atoms with Gasteiger partial charge in [0.15, 0.2) is 17.3 Å². The molecule has 1 aromatic heterocycles. The van der Waals surface area contributed by atoms with Gasteiger partial charge < -0.3 is 54.0 Å². The Hall–Kier alpha value is -5.11. The zero-order valence-corrected chi connectivity index (χ0v) is 24.8. The van der Waals surface area contributed by atoms with Gasteiger partial charge in [0, 0.05) is 17.7 Å². The molecule has 1 aliphatic heterocycles. The molecule has 6 N–H and O–H groups in total. The van der Waals surface area contributed by atoms with Crippen LogP contribution >= 0.6 is 0 Å². The van der Waals surface area contributed by atoms with E-state index in [4.69, 9.17) is 23.4 Å². The second-order valence-corrected chi connectivity index (χ2v) is 11.0. The normalized spacial score (nSPS) is 21.0. The molecule has 2 heterocycles. The summed E-state index contributed by atoms with van der Waals surface area (Å²) in [5, 5.41) is 62.3. The van der Waals surface area contributed by atoms with Gasteiger partial charge in [-0.25, -0.2) is 0 Å². The largest absolute Gasteiger partial charge is 0.507 e. The number of hydrogen-bond acceptors (Lipinski definition) is 12. The summed E-state index contributed by atoms with van der Waals surface area (Å²) in [6.07, 6.45) is -8.37. The number of aliphatic hydroxyl groups excluding tert-OH is 4. The first-order valence-corrected chi connectivity index (χ1v) is 14.7. The lowest BCUT2D eigenvalue weighted by Crippen LogP contribution is -2.60. The highest BCUT2D eigenvalue weighted by molar-refractivity contribution is 5.88. The van der Waals surface area contributed by atoms with E-state index < -0.39 is 54.2 Å². The third-order valence-electron chi connectivity index (χ3n) is 7.70. The molecule has 5 aromatic rings. The Balaban J connectivity index is 1.40. The summed E-state index contributed by atoms with van der Waals surface area (Å²) in [5.74, 6) is -1.22. The fourth-order valence-corrected chi connectivity index (χ4v) is 5.18. The van der Waals surface area contributed by atoms with Crippen molar-refractivity contribution >= 4 is 11.0 Å². The summed E-state index contributed by atoms with van der Waals surface area (Å²) >= 11 is 0. The number of rotatable bonds is 10. The van der Waals surface area contributed by atoms with Crippen LogP contribution in [-0.2, 0) is 18.0 Å². The van der Waals surface area contributed by atoms with E-state index in [1.807, 2.05) is 60.7 Å². The fraction of sp³-hybridized carbons (Fsp3) is 0.229. The predicted molar refractivity (Wildman–Crippen MR) is 167 cm³/mol. The lowest BCUT2D eigenvalue weighted by Gasteiger charge is -2.39. The third kappa shape index (κ3) is 6.73. The van der Waals surface area contributed by atoms with E-state index in [1.54, 1.807) is 0 Å². The molecule has 0 saturated carbocycles. The van der Waals surface area contributed by atoms with Crippen molar-refractivity contribution in [2.75, 3.05) is 6.61 Å². The average Bonchev–Trinajstić information content (AvgIpc) is 3.08. The van der Waals surface area contributed by atoms with Crippen LogP contribution in [0.15, 0.2) is 100 Å². The molecular weight excluding hydrogens is 612 g/mol. The number of fused-ring (bicyclic) bond motifs is 1. The first-order chi connectivity index (χ1) is 22.7. The molecule has 0 aliphatic carbocycles. The van der Waals surface area contributed by atoms with Gasteiger partial charge in [0.25, 0.3) is 0 Å². The number of aromatic hydroxyl groups is 2. The fourth-order valence-electron chi connectivity index (χ4n) is 5.18. The number of phenols is 2. The molecule has 5 atom stereocenters. The monoisotopic (exact) mass is 644 g/mol. The number of phenolic OH excluding ortho intramolecular Hbond substituents is 2. The minimum Gasteiger partial charge on any atom is -0.507 e. The predicted octanol–water partition coefficient (Wildman–Crippen LogP) is 3.21. The molecule has 0 bridgehead atoms. The van der Waals surface area contributed by atoms with Gasteiger partial charge in [-0.3, -0.25) is 4.79 Å². The van der Waals surface area contributed by atoms with Crippen LogP contribution in [0.1, 0.15) is 11.1 Å². The summed E-state index contributed by atoms with van der Waals surface area (Å²) < 4.78 is 29.0. The van der Waals surface area contributed by atoms with Gasteiger partial charge in [0.1, 0.15) is 60.1 Å². The Labute approximate surface area is 267 Å². The standard InChI is InChI=1S/C35H32O12/c36-16-27-29(39)31(41)32(42)35(46-27)47-34-30(40)28-24(38)14-22(43-17-19-7-3-1-4-8-19)15-26(28)45-33(34)21-11-12-25(23(37)13-21)44-18-20-9-5-2-6-10-20/h1-15,27,29,31-32,35-39,41-42H,16-18H2/t27-,29-,31+,32-,35+/m1/s1. The van der Waals surface area contributed by atoms with Crippen LogP contribution in [0.5, 0.6) is 28.7 Å². The zero-order valence-electron chi connectivity index (χ0n) is 24.8. The number of hydrogen-bond donors (Lipinski definition) is 6. The first kappa shape index (κ1) is 31.9. The summed E-state index contributed by atoms with van der Waals surface area (Å²) in [4.78, 5) is 14.0. The molecule has 1 saturated heterocycles. The maximum absolute atomic E-state index is 14.0. The van der Waals surface area contributed by atoms with Gasteiger partial charge in [-0.15, -0.1) is 0 Å². The van der Waals surface area contributed by atoms with Crippen LogP contribution in [0, 0.1) is 0 Å². The van der Waals surface area contributed by atoms with Crippen molar-refractivity contribution in [3.8, 4) is 40.1 Å². The summed E-state index contributed by atoms with van der Waals surface area (Å²) in [5.41, 5.74) is 0.912. The van der Waals surface area contributed by atoms with Gasteiger partial charge in [0.2, 0.25) is 17.5 Å². The Bertz CT molecular complexity index is 1890. The topological polar surface area (TPSA) is 189 Å². The van der Waals surface area contributed by atoms with Crippen molar-refractivity contribution in [3.63, 3.8) is 0 Å². The minimum absolute atomic E-state index is 0.0851. The molecule has 1 fully saturated rings. The molecule has 0 amide bonds. The highest BCUT2D eigenvalue weighted by atomic mass is 16.7. The minimum atomic E-state index is -1.85. The van der Waals surface area contributed by atoms with Crippen LogP contribution in [0.4, 0.5) is 0 Å². The summed E-state index contributed by atoms with van der Waals surface area (Å²) in [6.45, 7) is -0.385. The SMILES string of the molecule is O=c1c(O[C@@H]2O[C@H](CO)[C@@H](O)[C@H](O)[C@H]2O)c(-c2ccc(OCc3ccccc3)c(O)c2)oc2cc(OCc3ccccc3)cc(O)c12. The third-order valence-corrected chi connectivity index (χ3v) is 7.70. The molecule has 47 heavy (non-hydrogen) atoms. The second-order valence-electron chi connectivity index (χ2n) is 11.0. The van der Waals surface area contributed by atoms with Gasteiger partial charge in [-0.1, -0.05) is 60.7 Å². The molecule has 0 spiro atoms. The van der Waals surface area contributed by atoms with Crippen molar-refractivity contribution in [1.29, 1.82) is 0 Å². The molecule has 244 valence electrons. The molecular formula is C35H32O12. The van der Waals surface area contributed by atoms with Crippen molar-refractivity contribution in [2.24, 2.45) is 0 Å². The van der Waals surface area contributed by atoms with Crippen LogP contribution in [0.2, 0.25) is 0 Å². The number of ether oxygens (including phenoxy) is 4. The first-order valence-electron chi connectivity index (χ1n) is 14.7. The molecule has 1 aliphatic rings. The van der Waals surface area contributed by atoms with E-state index in [0.29, 0.717) is 0 Å². The number of aliphatic hydroxyl groups is 4. The Kier molecular flexibility index (Phi) is 9.29. The van der Waals surface area contributed by atoms with Gasteiger partial charge in [-0.2, -0.15) is 0 Å². The molecule has 4 aromatic carbocycles. The lowest BCUT2D eigenvalue weighted by atomic mass is 9.99. The Morgan fingerprint density at radius 3 is 2.02 bits per heavy atom. The molecule has 12 heteroatoms. The summed E-state index contributed by atoms with van der Waals surface area (Å²) in [7, 11) is 0. The van der Waals surface area contributed by atoms with Crippen molar-refractivity contribution in [3.05, 3.63) is 112 Å².